The minimum absolute atomic E-state index is 0.592. The summed E-state index contributed by atoms with van der Waals surface area (Å²) in [5.74, 6) is 0. The van der Waals surface area contributed by atoms with Gasteiger partial charge in [-0.1, -0.05) is 11.3 Å². The van der Waals surface area contributed by atoms with Crippen molar-refractivity contribution < 1.29 is 4.79 Å². The van der Waals surface area contributed by atoms with Crippen LogP contribution in [0.25, 0.3) is 0 Å². The van der Waals surface area contributed by atoms with Crippen LogP contribution in [0.1, 0.15) is 15.9 Å². The van der Waals surface area contributed by atoms with E-state index in [1.165, 1.54) is 23.1 Å². The smallest absolute Gasteiger partial charge is 0.180 e. The molecule has 2 aromatic rings. The number of nitrogens with zero attached hydrogens (tertiary/aromatic N) is 3. The Morgan fingerprint density at radius 1 is 1.53 bits per heavy atom. The number of carbonyl (C=O) groups is 1. The van der Waals surface area contributed by atoms with Crippen LogP contribution >= 0.6 is 23.1 Å². The Hall–Kier alpha value is -1.27. The van der Waals surface area contributed by atoms with Crippen LogP contribution in [-0.4, -0.2) is 21.5 Å². The molecule has 0 aromatic carbocycles. The summed E-state index contributed by atoms with van der Waals surface area (Å²) in [7, 11) is 0. The molecule has 76 valence electrons. The number of aromatic nitrogens is 3. The van der Waals surface area contributed by atoms with E-state index in [1.807, 2.05) is 13.0 Å². The fraction of sp³-hybridized carbons (Fsp3) is 0.111. The van der Waals surface area contributed by atoms with Gasteiger partial charge < -0.3 is 0 Å². The van der Waals surface area contributed by atoms with Gasteiger partial charge in [-0.2, -0.15) is 0 Å². The zero-order valence-electron chi connectivity index (χ0n) is 7.88. The van der Waals surface area contributed by atoms with Gasteiger partial charge in [-0.15, -0.1) is 10.2 Å². The van der Waals surface area contributed by atoms with Crippen LogP contribution in [0, 0.1) is 6.92 Å². The summed E-state index contributed by atoms with van der Waals surface area (Å²) < 4.78 is 0.851. The number of rotatable bonds is 3. The molecular formula is C9H7N3OS2. The van der Waals surface area contributed by atoms with Gasteiger partial charge in [0.2, 0.25) is 0 Å². The third-order valence-electron chi connectivity index (χ3n) is 1.71. The van der Waals surface area contributed by atoms with Crippen molar-refractivity contribution in [2.45, 2.75) is 16.3 Å². The molecule has 15 heavy (non-hydrogen) atoms. The van der Waals surface area contributed by atoms with Crippen molar-refractivity contribution in [2.24, 2.45) is 0 Å². The highest BCUT2D eigenvalue weighted by Gasteiger charge is 2.06. The van der Waals surface area contributed by atoms with Crippen molar-refractivity contribution in [3.63, 3.8) is 0 Å². The van der Waals surface area contributed by atoms with Gasteiger partial charge >= 0.3 is 0 Å². The van der Waals surface area contributed by atoms with Gasteiger partial charge in [-0.25, -0.2) is 4.98 Å². The van der Waals surface area contributed by atoms with Gasteiger partial charge in [-0.3, -0.25) is 4.79 Å². The fourth-order valence-electron chi connectivity index (χ4n) is 1.05. The molecule has 0 radical (unpaired) electrons. The number of carbonyl (C=O) groups excluding carboxylic acids is 1. The van der Waals surface area contributed by atoms with E-state index >= 15 is 0 Å². The molecule has 0 amide bonds. The zero-order chi connectivity index (χ0) is 10.7. The highest BCUT2D eigenvalue weighted by molar-refractivity contribution is 8.01. The molecule has 0 atom stereocenters. The normalized spacial score (nSPS) is 10.2. The summed E-state index contributed by atoms with van der Waals surface area (Å²) >= 11 is 2.93. The maximum atomic E-state index is 10.5. The molecule has 2 rings (SSSR count). The maximum Gasteiger partial charge on any atom is 0.180 e. The summed E-state index contributed by atoms with van der Waals surface area (Å²) in [6.45, 7) is 1.92. The lowest BCUT2D eigenvalue weighted by Gasteiger charge is -2.01. The molecule has 0 saturated carbocycles. The van der Waals surface area contributed by atoms with Crippen LogP contribution in [0.5, 0.6) is 0 Å². The third-order valence-corrected chi connectivity index (χ3v) is 3.61. The first kappa shape index (κ1) is 10.3. The van der Waals surface area contributed by atoms with Crippen LogP contribution in [0.3, 0.4) is 0 Å². The molecule has 0 bridgehead atoms. The van der Waals surface area contributed by atoms with E-state index in [0.29, 0.717) is 5.56 Å². The topological polar surface area (TPSA) is 55.7 Å². The van der Waals surface area contributed by atoms with Crippen molar-refractivity contribution in [3.05, 3.63) is 28.9 Å². The number of pyridine rings is 1. The average Bonchev–Trinajstić information content (AvgIpc) is 2.74. The lowest BCUT2D eigenvalue weighted by molar-refractivity contribution is 0.112. The molecule has 2 heterocycles. The van der Waals surface area contributed by atoms with Gasteiger partial charge in [0.1, 0.15) is 10.5 Å². The minimum Gasteiger partial charge on any atom is -0.298 e. The van der Waals surface area contributed by atoms with Crippen molar-refractivity contribution in [1.82, 2.24) is 15.2 Å². The Kier molecular flexibility index (Phi) is 3.08. The SMILES string of the molecule is Cc1cc(C=O)cnc1Sc1nncs1. The second-order valence-corrected chi connectivity index (χ2v) is 4.88. The van der Waals surface area contributed by atoms with Gasteiger partial charge in [0, 0.05) is 11.8 Å². The Balaban J connectivity index is 2.26. The van der Waals surface area contributed by atoms with Crippen LogP contribution in [-0.2, 0) is 0 Å². The van der Waals surface area contributed by atoms with E-state index < -0.39 is 0 Å². The largest absolute Gasteiger partial charge is 0.298 e. The lowest BCUT2D eigenvalue weighted by Crippen LogP contribution is -1.89. The van der Waals surface area contributed by atoms with Crippen LogP contribution < -0.4 is 0 Å². The molecule has 0 aliphatic heterocycles. The van der Waals surface area contributed by atoms with Crippen LogP contribution in [0.4, 0.5) is 0 Å². The van der Waals surface area contributed by atoms with Crippen molar-refractivity contribution in [3.8, 4) is 0 Å². The first-order chi connectivity index (χ1) is 7.29. The molecule has 0 spiro atoms. The van der Waals surface area contributed by atoms with E-state index in [-0.39, 0.29) is 0 Å². The number of aryl methyl sites for hydroxylation is 1. The molecule has 6 heteroatoms. The standard InChI is InChI=1S/C9H7N3OS2/c1-6-2-7(4-13)3-10-8(6)15-9-12-11-5-14-9/h2-5H,1H3. The monoisotopic (exact) mass is 237 g/mol. The molecule has 0 fully saturated rings. The zero-order valence-corrected chi connectivity index (χ0v) is 9.51. The Morgan fingerprint density at radius 3 is 3.00 bits per heavy atom. The maximum absolute atomic E-state index is 10.5. The van der Waals surface area contributed by atoms with Crippen LogP contribution in [0.2, 0.25) is 0 Å². The second kappa shape index (κ2) is 4.50. The van der Waals surface area contributed by atoms with Gasteiger partial charge in [0.25, 0.3) is 0 Å². The van der Waals surface area contributed by atoms with E-state index in [0.717, 1.165) is 21.2 Å². The number of hydrogen-bond donors (Lipinski definition) is 0. The van der Waals surface area contributed by atoms with Gasteiger partial charge in [0.15, 0.2) is 10.6 Å². The minimum atomic E-state index is 0.592. The Morgan fingerprint density at radius 2 is 2.40 bits per heavy atom. The van der Waals surface area contributed by atoms with E-state index in [9.17, 15) is 4.79 Å². The molecule has 4 nitrogen and oxygen atoms in total. The molecule has 0 aliphatic rings. The van der Waals surface area contributed by atoms with Gasteiger partial charge in [-0.05, 0) is 30.3 Å². The predicted octanol–water partition coefficient (Wildman–Crippen LogP) is 2.21. The number of hydrogen-bond acceptors (Lipinski definition) is 6. The fourth-order valence-corrected chi connectivity index (χ4v) is 2.46. The summed E-state index contributed by atoms with van der Waals surface area (Å²) in [5, 5.41) is 8.52. The van der Waals surface area contributed by atoms with Crippen molar-refractivity contribution in [2.75, 3.05) is 0 Å². The lowest BCUT2D eigenvalue weighted by atomic mass is 10.2. The van der Waals surface area contributed by atoms with Gasteiger partial charge in [0.05, 0.1) is 0 Å². The Bertz CT molecular complexity index is 470. The predicted molar refractivity (Wildman–Crippen MR) is 58.4 cm³/mol. The van der Waals surface area contributed by atoms with E-state index in [1.54, 1.807) is 11.7 Å². The third kappa shape index (κ3) is 2.40. The van der Waals surface area contributed by atoms with E-state index in [2.05, 4.69) is 15.2 Å². The first-order valence-electron chi connectivity index (χ1n) is 4.15. The Labute approximate surface area is 94.8 Å². The summed E-state index contributed by atoms with van der Waals surface area (Å²) in [5.41, 5.74) is 3.24. The number of aldehydes is 1. The quantitative estimate of drug-likeness (QED) is 0.766. The summed E-state index contributed by atoms with van der Waals surface area (Å²) in [4.78, 5) is 14.7. The summed E-state index contributed by atoms with van der Waals surface area (Å²) in [6, 6.07) is 1.81. The molecule has 0 saturated heterocycles. The van der Waals surface area contributed by atoms with E-state index in [4.69, 9.17) is 0 Å². The molecule has 0 aliphatic carbocycles. The summed E-state index contributed by atoms with van der Waals surface area (Å²) in [6.07, 6.45) is 2.35. The van der Waals surface area contributed by atoms with Crippen molar-refractivity contribution in [1.29, 1.82) is 0 Å². The van der Waals surface area contributed by atoms with Crippen LogP contribution in [0.15, 0.2) is 27.1 Å². The molecule has 0 N–H and O–H groups in total. The molecule has 0 unspecified atom stereocenters. The highest BCUT2D eigenvalue weighted by Crippen LogP contribution is 2.29. The first-order valence-corrected chi connectivity index (χ1v) is 5.85. The molecular weight excluding hydrogens is 230 g/mol. The average molecular weight is 237 g/mol. The van der Waals surface area contributed by atoms with Crippen molar-refractivity contribution >= 4 is 29.4 Å². The molecule has 2 aromatic heterocycles. The second-order valence-electron chi connectivity index (χ2n) is 2.82. The highest BCUT2D eigenvalue weighted by atomic mass is 32.2.